The van der Waals surface area contributed by atoms with Gasteiger partial charge < -0.3 is 10.1 Å². The van der Waals surface area contributed by atoms with Crippen LogP contribution in [0.3, 0.4) is 0 Å². The van der Waals surface area contributed by atoms with Crippen LogP contribution in [0.5, 0.6) is 5.75 Å². The molecule has 1 heterocycles. The molecule has 0 saturated carbocycles. The van der Waals surface area contributed by atoms with Gasteiger partial charge in [0.15, 0.2) is 0 Å². The number of hydrogen-bond acceptors (Lipinski definition) is 5. The molecule has 0 atom stereocenters. The fourth-order valence-corrected chi connectivity index (χ4v) is 4.05. The molecule has 2 amide bonds. The predicted molar refractivity (Wildman–Crippen MR) is 136 cm³/mol. The van der Waals surface area contributed by atoms with Gasteiger partial charge >= 0.3 is 5.97 Å². The third-order valence-corrected chi connectivity index (χ3v) is 6.06. The van der Waals surface area contributed by atoms with Crippen molar-refractivity contribution in [2.45, 2.75) is 0 Å². The summed E-state index contributed by atoms with van der Waals surface area (Å²) in [4.78, 5) is 39.2. The van der Waals surface area contributed by atoms with Crippen LogP contribution >= 0.6 is 23.2 Å². The van der Waals surface area contributed by atoms with E-state index in [9.17, 15) is 14.4 Å². The number of nitrogens with zero attached hydrogens (tertiary/aromatic N) is 1. The summed E-state index contributed by atoms with van der Waals surface area (Å²) in [5.74, 6) is -1.30. The SMILES string of the molecule is O=C(Oc1cccc2ccccc12)c1ccc(NC2=C(Cl)C(=O)N(c3ccc(Cl)cc3)C2=O)cc1. The van der Waals surface area contributed by atoms with Crippen LogP contribution in [0.15, 0.2) is 102 Å². The van der Waals surface area contributed by atoms with E-state index in [1.807, 2.05) is 36.4 Å². The largest absolute Gasteiger partial charge is 0.422 e. The Morgan fingerprint density at radius 3 is 2.20 bits per heavy atom. The molecule has 0 unspecified atom stereocenters. The molecule has 4 aromatic carbocycles. The van der Waals surface area contributed by atoms with Crippen LogP contribution in [-0.4, -0.2) is 17.8 Å². The van der Waals surface area contributed by atoms with Gasteiger partial charge in [-0.15, -0.1) is 0 Å². The molecular weight excluding hydrogens is 487 g/mol. The van der Waals surface area contributed by atoms with Gasteiger partial charge in [0, 0.05) is 16.1 Å². The molecule has 5 rings (SSSR count). The number of ether oxygens (including phenoxy) is 1. The number of halogens is 2. The van der Waals surface area contributed by atoms with Crippen LogP contribution in [0.2, 0.25) is 5.02 Å². The third kappa shape index (κ3) is 4.37. The second-order valence-corrected chi connectivity index (χ2v) is 8.49. The number of benzene rings is 4. The monoisotopic (exact) mass is 502 g/mol. The van der Waals surface area contributed by atoms with E-state index in [2.05, 4.69) is 5.32 Å². The molecule has 0 fully saturated rings. The molecule has 35 heavy (non-hydrogen) atoms. The topological polar surface area (TPSA) is 75.7 Å². The van der Waals surface area contributed by atoms with Gasteiger partial charge in [0.05, 0.1) is 11.3 Å². The lowest BCUT2D eigenvalue weighted by atomic mass is 10.1. The molecule has 1 N–H and O–H groups in total. The Morgan fingerprint density at radius 1 is 0.771 bits per heavy atom. The van der Waals surface area contributed by atoms with E-state index in [-0.39, 0.29) is 10.7 Å². The van der Waals surface area contributed by atoms with E-state index in [4.69, 9.17) is 27.9 Å². The summed E-state index contributed by atoms with van der Waals surface area (Å²) in [6.45, 7) is 0. The molecular formula is C27H16Cl2N2O4. The van der Waals surface area contributed by atoms with Crippen molar-refractivity contribution in [3.05, 3.63) is 112 Å². The average Bonchev–Trinajstić information content (AvgIpc) is 3.08. The van der Waals surface area contributed by atoms with Gasteiger partial charge in [0.1, 0.15) is 16.5 Å². The molecule has 8 heteroatoms. The minimum absolute atomic E-state index is 0.0577. The van der Waals surface area contributed by atoms with Crippen LogP contribution in [0.25, 0.3) is 10.8 Å². The Balaban J connectivity index is 1.31. The average molecular weight is 503 g/mol. The normalized spacial score (nSPS) is 13.5. The molecule has 1 aliphatic heterocycles. The first-order valence-electron chi connectivity index (χ1n) is 10.5. The number of imide groups is 1. The molecule has 0 bridgehead atoms. The number of nitrogens with one attached hydrogen (secondary N) is 1. The zero-order valence-electron chi connectivity index (χ0n) is 18.0. The van der Waals surface area contributed by atoms with Crippen molar-refractivity contribution in [2.75, 3.05) is 10.2 Å². The van der Waals surface area contributed by atoms with E-state index in [0.29, 0.717) is 27.7 Å². The predicted octanol–water partition coefficient (Wildman–Crippen LogP) is 6.15. The number of carbonyl (C=O) groups is 3. The number of esters is 1. The van der Waals surface area contributed by atoms with Crippen LogP contribution in [0, 0.1) is 0 Å². The standard InChI is InChI=1S/C27H16Cl2N2O4/c28-18-10-14-20(15-11-18)31-25(32)23(29)24(26(31)33)30-19-12-8-17(9-13-19)27(34)35-22-7-3-5-16-4-1-2-6-21(16)22/h1-15,30H. The number of fused-ring (bicyclic) bond motifs is 1. The maximum absolute atomic E-state index is 12.9. The van der Waals surface area contributed by atoms with Crippen molar-refractivity contribution >= 4 is 63.1 Å². The summed E-state index contributed by atoms with van der Waals surface area (Å²) in [6.07, 6.45) is 0. The molecule has 0 aliphatic carbocycles. The lowest BCUT2D eigenvalue weighted by Crippen LogP contribution is -2.32. The summed E-state index contributed by atoms with van der Waals surface area (Å²) in [6, 6.07) is 25.7. The van der Waals surface area contributed by atoms with Crippen molar-refractivity contribution in [3.8, 4) is 5.75 Å². The first kappa shape index (κ1) is 22.7. The van der Waals surface area contributed by atoms with Gasteiger partial charge in [0.2, 0.25) is 0 Å². The van der Waals surface area contributed by atoms with Gasteiger partial charge in [-0.25, -0.2) is 9.69 Å². The summed E-state index contributed by atoms with van der Waals surface area (Å²) < 4.78 is 5.60. The quantitative estimate of drug-likeness (QED) is 0.201. The Kier molecular flexibility index (Phi) is 5.99. The number of amides is 2. The summed E-state index contributed by atoms with van der Waals surface area (Å²) in [5.41, 5.74) is 1.09. The minimum Gasteiger partial charge on any atom is -0.422 e. The fourth-order valence-electron chi connectivity index (χ4n) is 3.71. The molecule has 0 radical (unpaired) electrons. The fraction of sp³-hybridized carbons (Fsp3) is 0. The third-order valence-electron chi connectivity index (χ3n) is 5.45. The van der Waals surface area contributed by atoms with Crippen LogP contribution < -0.4 is 15.0 Å². The molecule has 172 valence electrons. The lowest BCUT2D eigenvalue weighted by Gasteiger charge is -2.15. The van der Waals surface area contributed by atoms with Crippen molar-refractivity contribution in [3.63, 3.8) is 0 Å². The summed E-state index contributed by atoms with van der Waals surface area (Å²) in [5, 5.41) is 4.92. The Morgan fingerprint density at radius 2 is 1.46 bits per heavy atom. The summed E-state index contributed by atoms with van der Waals surface area (Å²) in [7, 11) is 0. The molecule has 1 aliphatic rings. The number of rotatable bonds is 5. The Hall–Kier alpha value is -4.13. The first-order valence-corrected chi connectivity index (χ1v) is 11.3. The van der Waals surface area contributed by atoms with Gasteiger partial charge in [-0.1, -0.05) is 59.6 Å². The van der Waals surface area contributed by atoms with Crippen molar-refractivity contribution in [2.24, 2.45) is 0 Å². The van der Waals surface area contributed by atoms with Crippen molar-refractivity contribution in [1.29, 1.82) is 0 Å². The minimum atomic E-state index is -0.642. The van der Waals surface area contributed by atoms with E-state index in [1.165, 1.54) is 0 Å². The zero-order valence-corrected chi connectivity index (χ0v) is 19.5. The van der Waals surface area contributed by atoms with Gasteiger partial charge in [-0.05, 0) is 60.0 Å². The van der Waals surface area contributed by atoms with Crippen molar-refractivity contribution in [1.82, 2.24) is 0 Å². The van der Waals surface area contributed by atoms with Crippen molar-refractivity contribution < 1.29 is 19.1 Å². The highest BCUT2D eigenvalue weighted by molar-refractivity contribution is 6.53. The lowest BCUT2D eigenvalue weighted by molar-refractivity contribution is -0.120. The van der Waals surface area contributed by atoms with Gasteiger partial charge in [-0.3, -0.25) is 9.59 Å². The molecule has 6 nitrogen and oxygen atoms in total. The number of hydrogen-bond donors (Lipinski definition) is 1. The molecule has 0 saturated heterocycles. The highest BCUT2D eigenvalue weighted by atomic mass is 35.5. The van der Waals surface area contributed by atoms with Crippen LogP contribution in [0.1, 0.15) is 10.4 Å². The Bertz CT molecular complexity index is 1510. The maximum atomic E-state index is 12.9. The smallest absolute Gasteiger partial charge is 0.343 e. The van der Waals surface area contributed by atoms with E-state index in [0.717, 1.165) is 15.7 Å². The summed E-state index contributed by atoms with van der Waals surface area (Å²) >= 11 is 12.1. The van der Waals surface area contributed by atoms with Crippen LogP contribution in [-0.2, 0) is 9.59 Å². The number of anilines is 2. The van der Waals surface area contributed by atoms with E-state index < -0.39 is 17.8 Å². The Labute approximate surface area is 210 Å². The van der Waals surface area contributed by atoms with Crippen LogP contribution in [0.4, 0.5) is 11.4 Å². The zero-order chi connectivity index (χ0) is 24.5. The maximum Gasteiger partial charge on any atom is 0.343 e. The molecule has 4 aromatic rings. The van der Waals surface area contributed by atoms with Gasteiger partial charge in [-0.2, -0.15) is 0 Å². The highest BCUT2D eigenvalue weighted by Crippen LogP contribution is 2.31. The number of carbonyl (C=O) groups excluding carboxylic acids is 3. The molecule has 0 aromatic heterocycles. The van der Waals surface area contributed by atoms with Gasteiger partial charge in [0.25, 0.3) is 11.8 Å². The second-order valence-electron chi connectivity index (χ2n) is 7.68. The molecule has 0 spiro atoms. The van der Waals surface area contributed by atoms with E-state index in [1.54, 1.807) is 54.6 Å². The first-order chi connectivity index (χ1) is 16.9. The highest BCUT2D eigenvalue weighted by Gasteiger charge is 2.38. The second kappa shape index (κ2) is 9.25. The van der Waals surface area contributed by atoms with E-state index >= 15 is 0 Å².